The third-order valence-electron chi connectivity index (χ3n) is 3.98. The zero-order chi connectivity index (χ0) is 19.2. The molecule has 0 saturated carbocycles. The molecule has 26 heavy (non-hydrogen) atoms. The minimum atomic E-state index is -1.19. The van der Waals surface area contributed by atoms with E-state index < -0.39 is 11.9 Å². The molecule has 0 aliphatic rings. The molecule has 9 heteroatoms. The number of furan rings is 1. The maximum atomic E-state index is 13.0. The summed E-state index contributed by atoms with van der Waals surface area (Å²) in [4.78, 5) is 40.3. The van der Waals surface area contributed by atoms with E-state index in [1.54, 1.807) is 6.92 Å². The number of hydrogen-bond donors (Lipinski definition) is 2. The van der Waals surface area contributed by atoms with Crippen LogP contribution in [0.2, 0.25) is 0 Å². The summed E-state index contributed by atoms with van der Waals surface area (Å²) in [6.45, 7) is 5.33. The van der Waals surface area contributed by atoms with Gasteiger partial charge in [-0.1, -0.05) is 13.8 Å². The van der Waals surface area contributed by atoms with Gasteiger partial charge in [-0.3, -0.25) is 9.36 Å². The SMILES string of the molecule is Cc1c(C(=O)O)sc2nc(C(C)C)n(Cc3ccc(C(=O)O)o3)c(=O)c12. The van der Waals surface area contributed by atoms with Crippen LogP contribution in [0.5, 0.6) is 0 Å². The molecule has 3 heterocycles. The molecule has 0 saturated heterocycles. The summed E-state index contributed by atoms with van der Waals surface area (Å²) in [6, 6.07) is 2.81. The summed E-state index contributed by atoms with van der Waals surface area (Å²) >= 11 is 0.976. The molecule has 3 aromatic heterocycles. The highest BCUT2D eigenvalue weighted by Gasteiger charge is 2.22. The highest BCUT2D eigenvalue weighted by Crippen LogP contribution is 2.28. The van der Waals surface area contributed by atoms with E-state index in [0.717, 1.165) is 11.3 Å². The molecule has 0 atom stereocenters. The quantitative estimate of drug-likeness (QED) is 0.702. The Morgan fingerprint density at radius 1 is 1.27 bits per heavy atom. The van der Waals surface area contributed by atoms with Crippen LogP contribution in [0.25, 0.3) is 10.2 Å². The van der Waals surface area contributed by atoms with Crippen LogP contribution >= 0.6 is 11.3 Å². The monoisotopic (exact) mass is 376 g/mol. The molecule has 136 valence electrons. The average Bonchev–Trinajstić information content (AvgIpc) is 3.14. The Morgan fingerprint density at radius 3 is 2.50 bits per heavy atom. The summed E-state index contributed by atoms with van der Waals surface area (Å²) in [5, 5.41) is 18.5. The molecule has 3 rings (SSSR count). The van der Waals surface area contributed by atoms with Crippen LogP contribution in [0.1, 0.15) is 57.1 Å². The van der Waals surface area contributed by atoms with E-state index in [-0.39, 0.29) is 34.0 Å². The molecule has 0 amide bonds. The first-order valence-corrected chi connectivity index (χ1v) is 8.61. The van der Waals surface area contributed by atoms with Crippen molar-refractivity contribution in [1.29, 1.82) is 0 Å². The molecule has 8 nitrogen and oxygen atoms in total. The maximum absolute atomic E-state index is 13.0. The Kier molecular flexibility index (Phi) is 4.41. The molecule has 0 aliphatic carbocycles. The second-order valence-corrected chi connectivity index (χ2v) is 7.13. The Labute approximate surface area is 151 Å². The first kappa shape index (κ1) is 17.9. The molecule has 2 N–H and O–H groups in total. The first-order valence-electron chi connectivity index (χ1n) is 7.79. The highest BCUT2D eigenvalue weighted by molar-refractivity contribution is 7.20. The van der Waals surface area contributed by atoms with Crippen molar-refractivity contribution in [3.8, 4) is 0 Å². The van der Waals surface area contributed by atoms with Gasteiger partial charge in [-0.05, 0) is 24.6 Å². The van der Waals surface area contributed by atoms with Crippen molar-refractivity contribution in [3.63, 3.8) is 0 Å². The molecule has 0 aromatic carbocycles. The fourth-order valence-corrected chi connectivity index (χ4v) is 3.78. The lowest BCUT2D eigenvalue weighted by Crippen LogP contribution is -2.26. The Balaban J connectivity index is 2.21. The van der Waals surface area contributed by atoms with Gasteiger partial charge in [-0.15, -0.1) is 11.3 Å². The summed E-state index contributed by atoms with van der Waals surface area (Å²) in [7, 11) is 0. The number of aryl methyl sites for hydroxylation is 1. The second kappa shape index (κ2) is 6.41. The number of aromatic nitrogens is 2. The summed E-state index contributed by atoms with van der Waals surface area (Å²) < 4.78 is 6.65. The Morgan fingerprint density at radius 2 is 1.96 bits per heavy atom. The third-order valence-corrected chi connectivity index (χ3v) is 5.15. The van der Waals surface area contributed by atoms with Gasteiger partial charge < -0.3 is 14.6 Å². The van der Waals surface area contributed by atoms with Crippen LogP contribution in [0.4, 0.5) is 0 Å². The van der Waals surface area contributed by atoms with Crippen LogP contribution in [0.3, 0.4) is 0 Å². The average molecular weight is 376 g/mol. The third kappa shape index (κ3) is 2.90. The summed E-state index contributed by atoms with van der Waals surface area (Å²) in [6.07, 6.45) is 0. The molecule has 0 fully saturated rings. The number of thiophene rings is 1. The maximum Gasteiger partial charge on any atom is 0.371 e. The molecular formula is C17H16N2O6S. The zero-order valence-corrected chi connectivity index (χ0v) is 15.1. The lowest BCUT2D eigenvalue weighted by atomic mass is 10.1. The molecule has 0 unspecified atom stereocenters. The number of nitrogens with zero attached hydrogens (tertiary/aromatic N) is 2. The summed E-state index contributed by atoms with van der Waals surface area (Å²) in [5.74, 6) is -1.82. The molecule has 0 aliphatic heterocycles. The van der Waals surface area contributed by atoms with Gasteiger partial charge in [0.2, 0.25) is 5.76 Å². The molecule has 0 spiro atoms. The van der Waals surface area contributed by atoms with E-state index in [4.69, 9.17) is 9.52 Å². The van der Waals surface area contributed by atoms with Crippen molar-refractivity contribution in [1.82, 2.24) is 9.55 Å². The molecular weight excluding hydrogens is 360 g/mol. The van der Waals surface area contributed by atoms with Crippen LogP contribution in [0.15, 0.2) is 21.3 Å². The lowest BCUT2D eigenvalue weighted by Gasteiger charge is -2.14. The van der Waals surface area contributed by atoms with Gasteiger partial charge in [-0.2, -0.15) is 0 Å². The minimum absolute atomic E-state index is 0.0141. The molecule has 0 bridgehead atoms. The number of carboxylic acid groups (broad SMARTS) is 2. The van der Waals surface area contributed by atoms with Gasteiger partial charge in [0, 0.05) is 5.92 Å². The molecule has 3 aromatic rings. The van der Waals surface area contributed by atoms with E-state index >= 15 is 0 Å². The predicted molar refractivity (Wildman–Crippen MR) is 94.4 cm³/mol. The zero-order valence-electron chi connectivity index (χ0n) is 14.3. The topological polar surface area (TPSA) is 123 Å². The van der Waals surface area contributed by atoms with Gasteiger partial charge in [0.05, 0.1) is 11.9 Å². The fraction of sp³-hybridized carbons (Fsp3) is 0.294. The van der Waals surface area contributed by atoms with Crippen molar-refractivity contribution in [2.24, 2.45) is 0 Å². The van der Waals surface area contributed by atoms with Gasteiger partial charge in [0.1, 0.15) is 21.3 Å². The van der Waals surface area contributed by atoms with Crippen LogP contribution in [0, 0.1) is 6.92 Å². The van der Waals surface area contributed by atoms with Crippen molar-refractivity contribution in [3.05, 3.63) is 50.3 Å². The number of carbonyl (C=O) groups is 2. The van der Waals surface area contributed by atoms with Crippen LogP contribution in [-0.2, 0) is 6.54 Å². The Bertz CT molecular complexity index is 1090. The van der Waals surface area contributed by atoms with E-state index in [0.29, 0.717) is 22.0 Å². The van der Waals surface area contributed by atoms with E-state index in [1.165, 1.54) is 16.7 Å². The number of carboxylic acids is 2. The highest BCUT2D eigenvalue weighted by atomic mass is 32.1. The number of rotatable bonds is 5. The van der Waals surface area contributed by atoms with Crippen LogP contribution < -0.4 is 5.56 Å². The normalized spacial score (nSPS) is 11.4. The van der Waals surface area contributed by atoms with Crippen molar-refractivity contribution < 1.29 is 24.2 Å². The predicted octanol–water partition coefficient (Wildman–Crippen LogP) is 2.93. The first-order chi connectivity index (χ1) is 12.2. The largest absolute Gasteiger partial charge is 0.477 e. The van der Waals surface area contributed by atoms with Gasteiger partial charge in [0.25, 0.3) is 5.56 Å². The standard InChI is InChI=1S/C17H16N2O6S/c1-7(2)13-18-14-11(8(3)12(26-14)17(23)24)15(20)19(13)6-9-4-5-10(25-9)16(21)22/h4-5,7H,6H2,1-3H3,(H,21,22)(H,23,24). The van der Waals surface area contributed by atoms with Crippen LogP contribution in [-0.4, -0.2) is 31.7 Å². The van der Waals surface area contributed by atoms with Gasteiger partial charge in [0.15, 0.2) is 0 Å². The number of fused-ring (bicyclic) bond motifs is 1. The van der Waals surface area contributed by atoms with E-state index in [9.17, 15) is 19.5 Å². The smallest absolute Gasteiger partial charge is 0.371 e. The Hall–Kier alpha value is -2.94. The van der Waals surface area contributed by atoms with Crippen molar-refractivity contribution >= 4 is 33.5 Å². The minimum Gasteiger partial charge on any atom is -0.477 e. The fourth-order valence-electron chi connectivity index (χ4n) is 2.76. The number of aromatic carboxylic acids is 2. The van der Waals surface area contributed by atoms with Gasteiger partial charge >= 0.3 is 11.9 Å². The van der Waals surface area contributed by atoms with E-state index in [2.05, 4.69) is 4.98 Å². The van der Waals surface area contributed by atoms with E-state index in [1.807, 2.05) is 13.8 Å². The van der Waals surface area contributed by atoms with Crippen molar-refractivity contribution in [2.45, 2.75) is 33.2 Å². The van der Waals surface area contributed by atoms with Gasteiger partial charge in [-0.25, -0.2) is 14.6 Å². The number of hydrogen-bond acceptors (Lipinski definition) is 6. The molecule has 0 radical (unpaired) electrons. The summed E-state index contributed by atoms with van der Waals surface area (Å²) in [5.41, 5.74) is 0.0120. The second-order valence-electron chi connectivity index (χ2n) is 6.13. The van der Waals surface area contributed by atoms with Crippen molar-refractivity contribution in [2.75, 3.05) is 0 Å². The lowest BCUT2D eigenvalue weighted by molar-refractivity contribution is 0.0657.